The van der Waals surface area contributed by atoms with Gasteiger partial charge in [0.25, 0.3) is 0 Å². The molecule has 0 radical (unpaired) electrons. The number of anilines is 1. The molecule has 1 aromatic carbocycles. The molecule has 2 amide bonds. The van der Waals surface area contributed by atoms with E-state index >= 15 is 0 Å². The number of rotatable bonds is 2. The fourth-order valence-corrected chi connectivity index (χ4v) is 3.05. The minimum absolute atomic E-state index is 0.115. The summed E-state index contributed by atoms with van der Waals surface area (Å²) in [6.45, 7) is 0.561. The molecule has 1 aliphatic heterocycles. The minimum Gasteiger partial charge on any atom is -0.327 e. The van der Waals surface area contributed by atoms with E-state index in [4.69, 9.17) is 11.6 Å². The van der Waals surface area contributed by atoms with Crippen LogP contribution in [0.3, 0.4) is 0 Å². The van der Waals surface area contributed by atoms with Crippen LogP contribution in [0.25, 0.3) is 0 Å². The summed E-state index contributed by atoms with van der Waals surface area (Å²) in [5.74, 6) is -0.847. The number of nitrogens with one attached hydrogen (secondary N) is 1. The van der Waals surface area contributed by atoms with Gasteiger partial charge in [0, 0.05) is 30.9 Å². The lowest BCUT2D eigenvalue weighted by Crippen LogP contribution is -2.39. The number of carbonyl (C=O) groups excluding carboxylic acids is 2. The molecule has 3 rings (SSSR count). The zero-order valence-corrected chi connectivity index (χ0v) is 13.5. The largest absolute Gasteiger partial charge is 0.327 e. The predicted octanol–water partition coefficient (Wildman–Crippen LogP) is 2.38. The summed E-state index contributed by atoms with van der Waals surface area (Å²) >= 11 is 6.03. The smallest absolute Gasteiger partial charge is 0.315 e. The second kappa shape index (κ2) is 6.42. The Morgan fingerprint density at radius 2 is 2.17 bits per heavy atom. The molecule has 1 atom stereocenters. The molecular weight excluding hydrogens is 316 g/mol. The maximum atomic E-state index is 12.5. The Morgan fingerprint density at radius 1 is 1.35 bits per heavy atom. The van der Waals surface area contributed by atoms with Crippen LogP contribution in [0, 0.1) is 0 Å². The van der Waals surface area contributed by atoms with E-state index in [2.05, 4.69) is 10.4 Å². The Kier molecular flexibility index (Phi) is 4.34. The first-order valence-corrected chi connectivity index (χ1v) is 7.79. The van der Waals surface area contributed by atoms with Crippen molar-refractivity contribution in [2.75, 3.05) is 11.9 Å². The van der Waals surface area contributed by atoms with E-state index in [1.165, 1.54) is 0 Å². The molecular formula is C16H17ClN4O2. The van der Waals surface area contributed by atoms with Crippen molar-refractivity contribution in [2.45, 2.75) is 18.9 Å². The van der Waals surface area contributed by atoms with Crippen molar-refractivity contribution >= 4 is 29.2 Å². The van der Waals surface area contributed by atoms with Gasteiger partial charge >= 0.3 is 11.8 Å². The Balaban J connectivity index is 1.74. The molecule has 0 saturated carbocycles. The number of aromatic nitrogens is 2. The molecule has 1 N–H and O–H groups in total. The molecule has 1 aliphatic rings. The first kappa shape index (κ1) is 15.6. The van der Waals surface area contributed by atoms with Gasteiger partial charge in [-0.2, -0.15) is 5.10 Å². The lowest BCUT2D eigenvalue weighted by Gasteiger charge is -2.24. The van der Waals surface area contributed by atoms with Gasteiger partial charge in [0.05, 0.1) is 6.04 Å². The third-order valence-corrected chi connectivity index (χ3v) is 4.13. The normalized spacial score (nSPS) is 17.3. The van der Waals surface area contributed by atoms with Crippen molar-refractivity contribution in [3.63, 3.8) is 0 Å². The summed E-state index contributed by atoms with van der Waals surface area (Å²) in [4.78, 5) is 26.2. The van der Waals surface area contributed by atoms with Crippen molar-refractivity contribution in [1.82, 2.24) is 14.7 Å². The number of likely N-dealkylation sites (tertiary alicyclic amines) is 1. The summed E-state index contributed by atoms with van der Waals surface area (Å²) in [7, 11) is 1.74. The van der Waals surface area contributed by atoms with Gasteiger partial charge in [0.15, 0.2) is 5.82 Å². The molecule has 0 spiro atoms. The van der Waals surface area contributed by atoms with E-state index in [9.17, 15) is 9.59 Å². The first-order chi connectivity index (χ1) is 11.0. The van der Waals surface area contributed by atoms with Gasteiger partial charge in [-0.15, -0.1) is 0 Å². The molecule has 2 aromatic rings. The van der Waals surface area contributed by atoms with Crippen LogP contribution in [0.2, 0.25) is 5.02 Å². The maximum Gasteiger partial charge on any atom is 0.315 e. The molecule has 2 heterocycles. The maximum absolute atomic E-state index is 12.5. The highest BCUT2D eigenvalue weighted by Gasteiger charge is 2.33. The summed E-state index contributed by atoms with van der Waals surface area (Å²) < 4.78 is 1.56. The molecule has 1 aromatic heterocycles. The fraction of sp³-hybridized carbons (Fsp3) is 0.312. The summed E-state index contributed by atoms with van der Waals surface area (Å²) in [6, 6.07) is 8.94. The lowest BCUT2D eigenvalue weighted by atomic mass is 10.0. The van der Waals surface area contributed by atoms with E-state index < -0.39 is 11.8 Å². The van der Waals surface area contributed by atoms with E-state index in [1.54, 1.807) is 35.0 Å². The molecule has 0 aliphatic carbocycles. The van der Waals surface area contributed by atoms with Crippen LogP contribution in [-0.4, -0.2) is 33.0 Å². The molecule has 120 valence electrons. The first-order valence-electron chi connectivity index (χ1n) is 7.41. The summed E-state index contributed by atoms with van der Waals surface area (Å²) in [6.07, 6.45) is 3.38. The van der Waals surface area contributed by atoms with Gasteiger partial charge in [-0.1, -0.05) is 23.7 Å². The number of hydrogen-bond acceptors (Lipinski definition) is 3. The summed E-state index contributed by atoms with van der Waals surface area (Å²) in [5.41, 5.74) is 0.953. The third kappa shape index (κ3) is 3.37. The number of halogens is 1. The van der Waals surface area contributed by atoms with Crippen LogP contribution >= 0.6 is 11.6 Å². The molecule has 6 nitrogen and oxygen atoms in total. The molecule has 0 unspecified atom stereocenters. The number of nitrogens with zero attached hydrogens (tertiary/aromatic N) is 3. The Bertz CT molecular complexity index is 743. The number of amides is 2. The van der Waals surface area contributed by atoms with Crippen LogP contribution in [-0.2, 0) is 16.6 Å². The topological polar surface area (TPSA) is 67.2 Å². The van der Waals surface area contributed by atoms with Crippen molar-refractivity contribution in [1.29, 1.82) is 0 Å². The van der Waals surface area contributed by atoms with E-state index in [0.717, 1.165) is 18.4 Å². The van der Waals surface area contributed by atoms with Crippen LogP contribution in [0.15, 0.2) is 36.5 Å². The zero-order chi connectivity index (χ0) is 16.4. The zero-order valence-electron chi connectivity index (χ0n) is 12.7. The Morgan fingerprint density at radius 3 is 2.87 bits per heavy atom. The van der Waals surface area contributed by atoms with Gasteiger partial charge in [0.2, 0.25) is 0 Å². The summed E-state index contributed by atoms with van der Waals surface area (Å²) in [5, 5.41) is 7.20. The molecule has 7 heteroatoms. The van der Waals surface area contributed by atoms with Crippen LogP contribution < -0.4 is 5.32 Å². The number of carbonyl (C=O) groups is 2. The van der Waals surface area contributed by atoms with Gasteiger partial charge < -0.3 is 10.2 Å². The monoisotopic (exact) mass is 332 g/mol. The quantitative estimate of drug-likeness (QED) is 0.859. The van der Waals surface area contributed by atoms with Crippen LogP contribution in [0.1, 0.15) is 24.4 Å². The molecule has 1 fully saturated rings. The SMILES string of the molecule is Cn1ccc(NC(=O)C(=O)N2CCC[C@H]2c2cccc(Cl)c2)n1. The van der Waals surface area contributed by atoms with E-state index in [1.807, 2.05) is 18.2 Å². The lowest BCUT2D eigenvalue weighted by molar-refractivity contribution is -0.143. The van der Waals surface area contributed by atoms with Gasteiger partial charge in [-0.3, -0.25) is 14.3 Å². The van der Waals surface area contributed by atoms with Crippen LogP contribution in [0.4, 0.5) is 5.82 Å². The molecule has 23 heavy (non-hydrogen) atoms. The highest BCUT2D eigenvalue weighted by Crippen LogP contribution is 2.33. The minimum atomic E-state index is -0.669. The van der Waals surface area contributed by atoms with Crippen LogP contribution in [0.5, 0.6) is 0 Å². The average Bonchev–Trinajstić information content (AvgIpc) is 3.15. The van der Waals surface area contributed by atoms with Gasteiger partial charge in [-0.05, 0) is 30.5 Å². The van der Waals surface area contributed by atoms with Crippen molar-refractivity contribution in [3.8, 4) is 0 Å². The van der Waals surface area contributed by atoms with Crippen molar-refractivity contribution in [3.05, 3.63) is 47.1 Å². The Hall–Kier alpha value is -2.34. The predicted molar refractivity (Wildman–Crippen MR) is 87.0 cm³/mol. The third-order valence-electron chi connectivity index (χ3n) is 3.90. The highest BCUT2D eigenvalue weighted by atomic mass is 35.5. The fourth-order valence-electron chi connectivity index (χ4n) is 2.85. The highest BCUT2D eigenvalue weighted by molar-refractivity contribution is 6.39. The Labute approximate surface area is 139 Å². The second-order valence-corrected chi connectivity index (χ2v) is 5.98. The number of hydrogen-bond donors (Lipinski definition) is 1. The van der Waals surface area contributed by atoms with E-state index in [-0.39, 0.29) is 6.04 Å². The molecule has 0 bridgehead atoms. The number of benzene rings is 1. The van der Waals surface area contributed by atoms with Gasteiger partial charge in [0.1, 0.15) is 0 Å². The second-order valence-electron chi connectivity index (χ2n) is 5.54. The van der Waals surface area contributed by atoms with E-state index in [0.29, 0.717) is 17.4 Å². The number of aryl methyl sites for hydroxylation is 1. The van der Waals surface area contributed by atoms with Gasteiger partial charge in [-0.25, -0.2) is 0 Å². The average molecular weight is 333 g/mol. The standard InChI is InChI=1S/C16H17ClN4O2/c1-20-9-7-14(19-20)18-15(22)16(23)21-8-3-6-13(21)11-4-2-5-12(17)10-11/h2,4-5,7,9-10,13H,3,6,8H2,1H3,(H,18,19,22)/t13-/m0/s1. The van der Waals surface area contributed by atoms with Crippen molar-refractivity contribution in [2.24, 2.45) is 7.05 Å². The molecule has 1 saturated heterocycles. The van der Waals surface area contributed by atoms with Crippen molar-refractivity contribution < 1.29 is 9.59 Å².